The van der Waals surface area contributed by atoms with Crippen LogP contribution in [0.5, 0.6) is 0 Å². The van der Waals surface area contributed by atoms with Gasteiger partial charge in [0.25, 0.3) is 0 Å². The molecule has 6 aliphatic heterocycles. The first-order chi connectivity index (χ1) is 59.8. The molecule has 16 N–H and O–H groups in total. The second-order valence-electron chi connectivity index (χ2n) is 35.5. The molecule has 8 amide bonds. The Kier molecular flexibility index (Phi) is 40.8. The number of imide groups is 2. The quantitative estimate of drug-likeness (QED) is 0.0259. The van der Waals surface area contributed by atoms with E-state index in [1.165, 1.54) is 13.8 Å². The zero-order valence-electron chi connectivity index (χ0n) is 72.0. The summed E-state index contributed by atoms with van der Waals surface area (Å²) in [6.45, 7) is 6.06. The standard InChI is InChI=1S/C84H136N6O33S2/c1-43-13-11-19-53(75(43)122-83-73(105)71(103)67(99)45(3)116-83)118-81-65(51(69(101)55(39-91)120-81)35-49(79(109)110)33-47-15-7-5-8-16-47)87-61(95)41-124-57-37-63(97)89(77(57)107)25-21-59(93)85-23-27-113-29-31-115-32-30-114-28-24-86-60(94)22-26-90-64(98)38-58(78(90)108)125-42-62(96)88-66-52(36-50(80(111)112)34-48-17-9-6-10-18-48)70(102)56(40-92)121-82(66)119-54-20-12-14-44(2)76(54)123-84-74(106)72(104)68(100)46(4)117-84/h43-58,65-76,81-84,91-92,99-106H,5-42H2,1-4H3,(H,85,93)(H,86,94)(H,87,95)(H,88,96)(H,109,110)(H,111,112)/t43?,44?,45?,46?,49-,50-,51?,52?,53-,54-,55+,56+,57?,58?,65?,66?,67-,68-,69-,70-,71+,72+,73?,74?,75-,76-,81-,82-,83+,84+/m1/s1. The van der Waals surface area contributed by atoms with Crippen molar-refractivity contribution in [2.45, 2.75) is 327 Å². The first-order valence-corrected chi connectivity index (χ1v) is 47.1. The van der Waals surface area contributed by atoms with Crippen LogP contribution in [0.3, 0.4) is 0 Å². The lowest BCUT2D eigenvalue weighted by Crippen LogP contribution is -2.64. The predicted octanol–water partition coefficient (Wildman–Crippen LogP) is -0.913. The van der Waals surface area contributed by atoms with Gasteiger partial charge in [0.05, 0.1) is 148 Å². The van der Waals surface area contributed by atoms with Crippen LogP contribution in [0.2, 0.25) is 0 Å². The van der Waals surface area contributed by atoms with Gasteiger partial charge in [-0.25, -0.2) is 0 Å². The number of hydrogen-bond acceptors (Lipinski definition) is 33. The number of amides is 8. The molecule has 10 aliphatic rings. The number of carbonyl (C=O) groups excluding carboxylic acids is 8. The summed E-state index contributed by atoms with van der Waals surface area (Å²) in [5.41, 5.74) is 0. The van der Waals surface area contributed by atoms with Gasteiger partial charge >= 0.3 is 11.9 Å². The molecule has 125 heavy (non-hydrogen) atoms. The minimum Gasteiger partial charge on any atom is -0.481 e. The number of thioether (sulfide) groups is 2. The van der Waals surface area contributed by atoms with Crippen molar-refractivity contribution in [1.82, 2.24) is 31.1 Å². The zero-order valence-corrected chi connectivity index (χ0v) is 73.6. The SMILES string of the molecule is CC1O[C@@H](O[C@@H]2C(C)CCC[C@H]2O[C@@H]2O[C@@H](CO)[C@H](O)C(C[C@@H](CC3CCCCC3)C(=O)O)C2NC(=O)CSC2CC(=O)N(CCC(=O)NCCOCCOCCOCCNC(=O)CCN3C(=O)CC(SCC(=O)NC4C(C[C@@H](CC5CCCCC5)C(=O)O)[C@@H](O)[C@H](CO)O[C@H]4O[C@@H]4CCCC(C)[C@H]4O[C@@H]4OC(C)[C@@H](O)[C@H](O)C4O)C3=O)C2=O)C(O)[C@@H](O)[C@@H]1O. The average molecular weight is 1820 g/mol. The van der Waals surface area contributed by atoms with E-state index in [4.69, 9.17) is 52.1 Å². The van der Waals surface area contributed by atoms with Gasteiger partial charge in [-0.15, -0.1) is 23.5 Å². The van der Waals surface area contributed by atoms with Crippen LogP contribution in [-0.2, 0) is 100 Å². The number of carbonyl (C=O) groups is 10. The first kappa shape index (κ1) is 102. The smallest absolute Gasteiger partial charge is 0.306 e. The van der Waals surface area contributed by atoms with E-state index in [2.05, 4.69) is 21.3 Å². The van der Waals surface area contributed by atoms with Gasteiger partial charge in [-0.1, -0.05) is 90.9 Å². The molecule has 712 valence electrons. The van der Waals surface area contributed by atoms with Gasteiger partial charge in [0.15, 0.2) is 25.2 Å². The second-order valence-corrected chi connectivity index (χ2v) is 37.9. The molecule has 6 saturated heterocycles. The van der Waals surface area contributed by atoms with Crippen molar-refractivity contribution in [1.29, 1.82) is 0 Å². The van der Waals surface area contributed by atoms with Crippen LogP contribution in [0.15, 0.2) is 0 Å². The molecule has 0 aromatic heterocycles. The van der Waals surface area contributed by atoms with Crippen LogP contribution in [0, 0.1) is 47.3 Å². The summed E-state index contributed by atoms with van der Waals surface area (Å²) in [6.07, 6.45) is -13.2. The predicted molar refractivity (Wildman–Crippen MR) is 441 cm³/mol. The number of carboxylic acids is 2. The number of aliphatic carboxylic acids is 2. The summed E-state index contributed by atoms with van der Waals surface area (Å²) in [7, 11) is 0. The lowest BCUT2D eigenvalue weighted by Gasteiger charge is -2.48. The molecular weight excluding hydrogens is 1690 g/mol. The maximum Gasteiger partial charge on any atom is 0.306 e. The molecule has 0 aromatic carbocycles. The lowest BCUT2D eigenvalue weighted by molar-refractivity contribution is -0.333. The van der Waals surface area contributed by atoms with Crippen LogP contribution >= 0.6 is 23.5 Å². The van der Waals surface area contributed by atoms with Gasteiger partial charge in [-0.05, 0) is 88.9 Å². The van der Waals surface area contributed by atoms with E-state index in [0.717, 1.165) is 97.5 Å². The van der Waals surface area contributed by atoms with Crippen molar-refractivity contribution in [2.75, 3.05) is 90.5 Å². The maximum absolute atomic E-state index is 14.2. The highest BCUT2D eigenvalue weighted by Crippen LogP contribution is 2.44. The van der Waals surface area contributed by atoms with Crippen molar-refractivity contribution in [2.24, 2.45) is 47.3 Å². The van der Waals surface area contributed by atoms with E-state index in [-0.39, 0.29) is 140 Å². The van der Waals surface area contributed by atoms with Crippen molar-refractivity contribution in [3.05, 3.63) is 0 Å². The van der Waals surface area contributed by atoms with Crippen molar-refractivity contribution < 1.29 is 161 Å². The number of rotatable bonds is 46. The van der Waals surface area contributed by atoms with Crippen molar-refractivity contribution in [3.8, 4) is 0 Å². The van der Waals surface area contributed by atoms with E-state index >= 15 is 0 Å². The van der Waals surface area contributed by atoms with Gasteiger partial charge in [0.2, 0.25) is 47.3 Å². The molecular formula is C84H136N6O33S2. The Balaban J connectivity index is 0.603. The summed E-state index contributed by atoms with van der Waals surface area (Å²) in [5.74, 6) is -11.7. The van der Waals surface area contributed by atoms with Gasteiger partial charge in [0.1, 0.15) is 48.8 Å². The number of hydrogen-bond donors (Lipinski definition) is 16. The van der Waals surface area contributed by atoms with E-state index in [0.29, 0.717) is 51.4 Å². The topological polar surface area (TPSA) is 570 Å². The highest BCUT2D eigenvalue weighted by Gasteiger charge is 2.55. The molecule has 4 saturated carbocycles. The van der Waals surface area contributed by atoms with E-state index in [1.54, 1.807) is 0 Å². The Bertz CT molecular complexity index is 3250. The number of likely N-dealkylation sites (tertiary alicyclic amines) is 2. The summed E-state index contributed by atoms with van der Waals surface area (Å²) in [6, 6.07) is -2.45. The first-order valence-electron chi connectivity index (χ1n) is 45.0. The summed E-state index contributed by atoms with van der Waals surface area (Å²) < 4.78 is 66.9. The summed E-state index contributed by atoms with van der Waals surface area (Å²) in [4.78, 5) is 136. The van der Waals surface area contributed by atoms with Crippen molar-refractivity contribution >= 4 is 82.7 Å². The lowest BCUT2D eigenvalue weighted by atomic mass is 9.75. The number of ether oxygens (including phenoxy) is 11. The molecule has 0 spiro atoms. The molecule has 0 radical (unpaired) electrons. The molecule has 0 bridgehead atoms. The molecule has 6 heterocycles. The minimum absolute atomic E-state index is 0.0967. The minimum atomic E-state index is -1.63. The normalized spacial score (nSPS) is 36.3. The van der Waals surface area contributed by atoms with Crippen LogP contribution in [-0.4, -0.2) is 366 Å². The fourth-order valence-electron chi connectivity index (χ4n) is 19.2. The van der Waals surface area contributed by atoms with E-state index in [1.807, 2.05) is 13.8 Å². The van der Waals surface area contributed by atoms with Gasteiger partial charge < -0.3 is 135 Å². The molecule has 10 fully saturated rings. The number of nitrogens with zero attached hydrogens (tertiary/aromatic N) is 2. The Morgan fingerprint density at radius 2 is 0.792 bits per heavy atom. The Hall–Kier alpha value is -5.04. The third-order valence-corrected chi connectivity index (χ3v) is 28.9. The van der Waals surface area contributed by atoms with Gasteiger partial charge in [0, 0.05) is 63.7 Å². The molecule has 0 aromatic rings. The Morgan fingerprint density at radius 1 is 0.424 bits per heavy atom. The molecule has 10 rings (SSSR count). The number of carboxylic acid groups (broad SMARTS) is 2. The number of aliphatic hydroxyl groups excluding tert-OH is 10. The third-order valence-electron chi connectivity index (χ3n) is 26.5. The highest BCUT2D eigenvalue weighted by atomic mass is 32.2. The molecule has 41 heteroatoms. The van der Waals surface area contributed by atoms with Gasteiger partial charge in [-0.3, -0.25) is 57.7 Å². The van der Waals surface area contributed by atoms with E-state index in [9.17, 15) is 109 Å². The third kappa shape index (κ3) is 28.5. The van der Waals surface area contributed by atoms with Crippen LogP contribution in [0.4, 0.5) is 0 Å². The fraction of sp³-hybridized carbons (Fsp3) is 0.881. The van der Waals surface area contributed by atoms with Gasteiger partial charge in [-0.2, -0.15) is 0 Å². The highest BCUT2D eigenvalue weighted by molar-refractivity contribution is 8.01. The number of aliphatic hydroxyl groups is 10. The second kappa shape index (κ2) is 50.0. The zero-order chi connectivity index (χ0) is 90.3. The van der Waals surface area contributed by atoms with E-state index < -0.39 is 241 Å². The van der Waals surface area contributed by atoms with Crippen molar-refractivity contribution in [3.63, 3.8) is 0 Å². The molecule has 30 atom stereocenters. The molecule has 4 aliphatic carbocycles. The fourth-order valence-corrected chi connectivity index (χ4v) is 21.2. The van der Waals surface area contributed by atoms with Crippen LogP contribution in [0.1, 0.15) is 182 Å². The van der Waals surface area contributed by atoms with Crippen LogP contribution < -0.4 is 21.3 Å². The Labute approximate surface area is 736 Å². The Morgan fingerprint density at radius 3 is 1.15 bits per heavy atom. The maximum atomic E-state index is 14.2. The largest absolute Gasteiger partial charge is 0.481 e. The summed E-state index contributed by atoms with van der Waals surface area (Å²) >= 11 is 1.77. The molecule has 39 nitrogen and oxygen atoms in total. The van der Waals surface area contributed by atoms with Crippen LogP contribution in [0.25, 0.3) is 0 Å². The molecule has 12 unspecified atom stereocenters. The number of nitrogens with one attached hydrogen (secondary N) is 4. The monoisotopic (exact) mass is 1820 g/mol. The average Bonchev–Trinajstić information content (AvgIpc) is 1.23. The summed E-state index contributed by atoms with van der Waals surface area (Å²) in [5, 5.41) is 139.